The highest BCUT2D eigenvalue weighted by atomic mass is 79.9. The van der Waals surface area contributed by atoms with Crippen molar-refractivity contribution >= 4 is 39.5 Å². The summed E-state index contributed by atoms with van der Waals surface area (Å²) in [6.45, 7) is 4.02. The lowest BCUT2D eigenvalue weighted by Crippen LogP contribution is -2.45. The normalized spacial score (nSPS) is 24.4. The summed E-state index contributed by atoms with van der Waals surface area (Å²) in [6.07, 6.45) is -1.74. The second-order valence-corrected chi connectivity index (χ2v) is 10.3. The van der Waals surface area contributed by atoms with Crippen LogP contribution in [-0.2, 0) is 35.1 Å². The first kappa shape index (κ1) is 27.5. The van der Waals surface area contributed by atoms with E-state index < -0.39 is 42.5 Å². The molecule has 0 N–H and O–H groups in total. The number of benzene rings is 3. The van der Waals surface area contributed by atoms with Gasteiger partial charge in [-0.05, 0) is 43.7 Å². The van der Waals surface area contributed by atoms with Gasteiger partial charge in [0.2, 0.25) is 0 Å². The highest BCUT2D eigenvalue weighted by molar-refractivity contribution is 9.09. The van der Waals surface area contributed by atoms with Crippen molar-refractivity contribution in [2.24, 2.45) is 5.10 Å². The van der Waals surface area contributed by atoms with E-state index in [1.807, 2.05) is 105 Å². The first-order valence-corrected chi connectivity index (χ1v) is 13.9. The van der Waals surface area contributed by atoms with Gasteiger partial charge in [0.25, 0.3) is 0 Å². The lowest BCUT2D eigenvalue weighted by Gasteiger charge is -2.29. The predicted molar refractivity (Wildman–Crippen MR) is 151 cm³/mol. The molecule has 0 amide bonds. The van der Waals surface area contributed by atoms with E-state index in [0.717, 1.165) is 16.9 Å². The largest absolute Gasteiger partial charge is 0.454 e. The Morgan fingerprint density at radius 1 is 0.974 bits per heavy atom. The zero-order valence-electron chi connectivity index (χ0n) is 21.8. The average molecular weight is 595 g/mol. The second kappa shape index (κ2) is 12.4. The molecule has 3 aromatic rings. The van der Waals surface area contributed by atoms with Crippen molar-refractivity contribution in [2.75, 3.05) is 10.3 Å². The van der Waals surface area contributed by atoms with Crippen LogP contribution in [0.4, 0.5) is 11.4 Å². The molecule has 8 nitrogen and oxygen atoms in total. The number of carbonyl (C=O) groups is 1. The number of ether oxygens (including phenoxy) is 5. The van der Waals surface area contributed by atoms with Gasteiger partial charge in [0.05, 0.1) is 18.0 Å². The number of fused-ring (bicyclic) bond motifs is 1. The fraction of sp³-hybridized carbons (Fsp3) is 0.333. The van der Waals surface area contributed by atoms with E-state index in [2.05, 4.69) is 21.0 Å². The molecule has 2 saturated heterocycles. The summed E-state index contributed by atoms with van der Waals surface area (Å²) < 4.78 is 30.4. The molecule has 2 aliphatic rings. The Labute approximate surface area is 236 Å². The average Bonchev–Trinajstić information content (AvgIpc) is 3.43. The Hall–Kier alpha value is -3.08. The van der Waals surface area contributed by atoms with Crippen molar-refractivity contribution in [3.63, 3.8) is 0 Å². The monoisotopic (exact) mass is 594 g/mol. The van der Waals surface area contributed by atoms with Crippen LogP contribution in [0.15, 0.2) is 96.1 Å². The maximum Gasteiger partial charge on any atom is 0.351 e. The van der Waals surface area contributed by atoms with Crippen LogP contribution in [0.1, 0.15) is 19.4 Å². The first-order chi connectivity index (χ1) is 18.9. The Kier molecular flexibility index (Phi) is 8.74. The number of para-hydroxylation sites is 2. The van der Waals surface area contributed by atoms with Crippen LogP contribution in [-0.4, -0.2) is 54.0 Å². The first-order valence-electron chi connectivity index (χ1n) is 12.8. The van der Waals surface area contributed by atoms with Crippen molar-refractivity contribution in [1.29, 1.82) is 0 Å². The molecule has 204 valence electrons. The van der Waals surface area contributed by atoms with Gasteiger partial charge in [-0.2, -0.15) is 5.10 Å². The molecule has 0 aromatic heterocycles. The van der Waals surface area contributed by atoms with Crippen LogP contribution in [0.2, 0.25) is 0 Å². The van der Waals surface area contributed by atoms with Gasteiger partial charge in [0, 0.05) is 5.33 Å². The smallest absolute Gasteiger partial charge is 0.351 e. The summed E-state index contributed by atoms with van der Waals surface area (Å²) >= 11 is 3.48. The number of halogens is 1. The van der Waals surface area contributed by atoms with E-state index in [0.29, 0.717) is 11.9 Å². The van der Waals surface area contributed by atoms with Gasteiger partial charge in [-0.3, -0.25) is 0 Å². The van der Waals surface area contributed by atoms with E-state index in [4.69, 9.17) is 23.7 Å². The van der Waals surface area contributed by atoms with Crippen LogP contribution >= 0.6 is 15.9 Å². The molecule has 2 heterocycles. The number of rotatable bonds is 10. The number of carbonyl (C=O) groups excluding carboxylic acids is 1. The van der Waals surface area contributed by atoms with E-state index in [9.17, 15) is 4.79 Å². The van der Waals surface area contributed by atoms with Crippen LogP contribution in [0.25, 0.3) is 0 Å². The molecule has 5 rings (SSSR count). The van der Waals surface area contributed by atoms with E-state index in [1.165, 1.54) is 6.21 Å². The van der Waals surface area contributed by atoms with Gasteiger partial charge in [-0.25, -0.2) is 9.80 Å². The Morgan fingerprint density at radius 3 is 2.15 bits per heavy atom. The number of alkyl halides is 1. The van der Waals surface area contributed by atoms with E-state index in [1.54, 1.807) is 5.01 Å². The van der Waals surface area contributed by atoms with E-state index >= 15 is 0 Å². The number of nitrogens with zero attached hydrogens (tertiary/aromatic N) is 2. The molecule has 2 fully saturated rings. The fourth-order valence-corrected chi connectivity index (χ4v) is 5.15. The van der Waals surface area contributed by atoms with Crippen molar-refractivity contribution < 1.29 is 28.5 Å². The Bertz CT molecular complexity index is 1200. The maximum absolute atomic E-state index is 13.0. The SMILES string of the molecule is CC1(C)O[C@H]2O[C@H]([C@H](CBr)OC(=O)/C=N/N(c3ccccc3)c3ccccc3)[C@H](OCc3ccccc3)[C@H]2O1. The summed E-state index contributed by atoms with van der Waals surface area (Å²) in [6, 6.07) is 29.0. The van der Waals surface area contributed by atoms with Crippen LogP contribution < -0.4 is 5.01 Å². The van der Waals surface area contributed by atoms with Crippen molar-refractivity contribution in [1.82, 2.24) is 0 Å². The van der Waals surface area contributed by atoms with Crippen LogP contribution in [0.5, 0.6) is 0 Å². The number of hydrogen-bond donors (Lipinski definition) is 0. The number of anilines is 2. The van der Waals surface area contributed by atoms with Crippen LogP contribution in [0.3, 0.4) is 0 Å². The minimum Gasteiger partial charge on any atom is -0.454 e. The molecule has 0 radical (unpaired) electrons. The minimum atomic E-state index is -0.805. The topological polar surface area (TPSA) is 78.8 Å². The quantitative estimate of drug-likeness (QED) is 0.131. The Balaban J connectivity index is 1.30. The van der Waals surface area contributed by atoms with Gasteiger partial charge in [0.1, 0.15) is 30.6 Å². The summed E-state index contributed by atoms with van der Waals surface area (Å²) in [7, 11) is 0. The third kappa shape index (κ3) is 6.74. The zero-order chi connectivity index (χ0) is 27.2. The molecular weight excluding hydrogens is 564 g/mol. The molecular formula is C30H31BrN2O6. The number of hydrogen-bond acceptors (Lipinski definition) is 8. The van der Waals surface area contributed by atoms with Gasteiger partial charge in [0.15, 0.2) is 12.1 Å². The molecule has 2 aliphatic heterocycles. The third-order valence-electron chi connectivity index (χ3n) is 6.38. The van der Waals surface area contributed by atoms with Gasteiger partial charge >= 0.3 is 5.97 Å². The molecule has 39 heavy (non-hydrogen) atoms. The molecule has 0 spiro atoms. The van der Waals surface area contributed by atoms with E-state index in [-0.39, 0.29) is 0 Å². The summed E-state index contributed by atoms with van der Waals surface area (Å²) in [5.74, 6) is -1.42. The molecule has 9 heteroatoms. The Morgan fingerprint density at radius 2 is 1.56 bits per heavy atom. The van der Waals surface area contributed by atoms with Crippen molar-refractivity contribution in [3.05, 3.63) is 96.6 Å². The van der Waals surface area contributed by atoms with Crippen molar-refractivity contribution in [3.8, 4) is 0 Å². The van der Waals surface area contributed by atoms with Gasteiger partial charge < -0.3 is 23.7 Å². The number of hydrazone groups is 1. The minimum absolute atomic E-state index is 0.326. The fourth-order valence-electron chi connectivity index (χ4n) is 4.65. The molecule has 0 saturated carbocycles. The molecule has 0 bridgehead atoms. The summed E-state index contributed by atoms with van der Waals surface area (Å²) in [5, 5.41) is 6.45. The molecule has 0 aliphatic carbocycles. The van der Waals surface area contributed by atoms with Crippen molar-refractivity contribution in [2.45, 2.75) is 56.9 Å². The maximum atomic E-state index is 13.0. The molecule has 0 unspecified atom stereocenters. The second-order valence-electron chi connectivity index (χ2n) is 9.69. The number of esters is 1. The third-order valence-corrected chi connectivity index (χ3v) is 7.02. The molecule has 5 atom stereocenters. The highest BCUT2D eigenvalue weighted by Crippen LogP contribution is 2.40. The summed E-state index contributed by atoms with van der Waals surface area (Å²) in [4.78, 5) is 13.0. The zero-order valence-corrected chi connectivity index (χ0v) is 23.3. The summed E-state index contributed by atoms with van der Waals surface area (Å²) in [5.41, 5.74) is 2.63. The van der Waals surface area contributed by atoms with Crippen LogP contribution in [0, 0.1) is 0 Å². The highest BCUT2D eigenvalue weighted by Gasteiger charge is 2.57. The van der Waals surface area contributed by atoms with Gasteiger partial charge in [-0.1, -0.05) is 82.7 Å². The van der Waals surface area contributed by atoms with Gasteiger partial charge in [-0.15, -0.1) is 0 Å². The lowest BCUT2D eigenvalue weighted by molar-refractivity contribution is -0.230. The standard InChI is InChI=1S/C30H31BrN2O6/c1-30(2)38-28-27(35-20-21-12-6-3-7-13-21)26(37-29(28)39-30)24(18-31)36-25(34)19-32-33(22-14-8-4-9-15-22)23-16-10-5-11-17-23/h3-17,19,24,26-29H,18,20H2,1-2H3/b32-19+/t24-,26+,27-,28+,29+/m0/s1. The lowest BCUT2D eigenvalue weighted by atomic mass is 10.1. The predicted octanol–water partition coefficient (Wildman–Crippen LogP) is 5.58. The molecule has 3 aromatic carbocycles.